The van der Waals surface area contributed by atoms with E-state index in [0.29, 0.717) is 17.0 Å². The summed E-state index contributed by atoms with van der Waals surface area (Å²) in [6.07, 6.45) is 4.78. The summed E-state index contributed by atoms with van der Waals surface area (Å²) >= 11 is 0. The lowest BCUT2D eigenvalue weighted by Gasteiger charge is -2.35. The molecule has 0 fully saturated rings. The van der Waals surface area contributed by atoms with Gasteiger partial charge in [-0.05, 0) is 49.8 Å². The molecule has 3 rings (SSSR count). The number of phenolic OH excluding ortho intramolecular Hbond substituents is 1. The standard InChI is InChI=1S/C27H26N2O7/c1-5-6-7-15-35-26(31)23-17(2)28(4)18(3)24(27(32)36-22-13-11-21(30)12-14-22)25(23)19-9-8-10-20(16-19)29(33)34/h5-14,16,25,30H,1,15H2,2-4H3/b7-6+. The molecule has 1 aliphatic rings. The third kappa shape index (κ3) is 5.52. The van der Waals surface area contributed by atoms with Gasteiger partial charge >= 0.3 is 11.9 Å². The summed E-state index contributed by atoms with van der Waals surface area (Å²) in [4.78, 5) is 39.4. The van der Waals surface area contributed by atoms with Crippen molar-refractivity contribution >= 4 is 17.6 Å². The number of esters is 2. The van der Waals surface area contributed by atoms with Crippen LogP contribution in [0.15, 0.2) is 95.9 Å². The van der Waals surface area contributed by atoms with E-state index in [1.165, 1.54) is 42.5 Å². The number of aromatic hydroxyl groups is 1. The maximum atomic E-state index is 13.5. The van der Waals surface area contributed by atoms with Gasteiger partial charge in [-0.1, -0.05) is 30.9 Å². The Hall–Kier alpha value is -4.66. The molecule has 9 nitrogen and oxygen atoms in total. The molecule has 0 amide bonds. The summed E-state index contributed by atoms with van der Waals surface area (Å²) in [5.74, 6) is -2.21. The molecule has 0 aliphatic carbocycles. The zero-order valence-electron chi connectivity index (χ0n) is 20.1. The normalized spacial score (nSPS) is 15.8. The lowest BCUT2D eigenvalue weighted by atomic mass is 9.79. The Kier molecular flexibility index (Phi) is 8.06. The van der Waals surface area contributed by atoms with E-state index in [1.807, 2.05) is 0 Å². The van der Waals surface area contributed by atoms with Crippen molar-refractivity contribution in [2.45, 2.75) is 19.8 Å². The fourth-order valence-electron chi connectivity index (χ4n) is 3.89. The summed E-state index contributed by atoms with van der Waals surface area (Å²) in [6.45, 7) is 6.96. The monoisotopic (exact) mass is 490 g/mol. The number of allylic oxidation sites excluding steroid dienone is 4. The summed E-state index contributed by atoms with van der Waals surface area (Å²) in [5.41, 5.74) is 1.51. The summed E-state index contributed by atoms with van der Waals surface area (Å²) in [6, 6.07) is 11.4. The highest BCUT2D eigenvalue weighted by molar-refractivity contribution is 6.00. The predicted octanol–water partition coefficient (Wildman–Crippen LogP) is 4.77. The van der Waals surface area contributed by atoms with Gasteiger partial charge in [-0.3, -0.25) is 10.1 Å². The molecule has 0 bridgehead atoms. The molecule has 2 aromatic rings. The Labute approximate surface area is 208 Å². The van der Waals surface area contributed by atoms with Gasteiger partial charge in [-0.25, -0.2) is 9.59 Å². The highest BCUT2D eigenvalue weighted by atomic mass is 16.6. The smallest absolute Gasteiger partial charge is 0.342 e. The van der Waals surface area contributed by atoms with Crippen LogP contribution in [0.25, 0.3) is 0 Å². The largest absolute Gasteiger partial charge is 0.508 e. The Morgan fingerprint density at radius 1 is 1.11 bits per heavy atom. The molecule has 0 saturated carbocycles. The first kappa shape index (κ1) is 26.0. The number of carbonyl (C=O) groups is 2. The van der Waals surface area contributed by atoms with Crippen LogP contribution in [0, 0.1) is 10.1 Å². The first-order valence-corrected chi connectivity index (χ1v) is 11.0. The average molecular weight is 491 g/mol. The number of non-ortho nitro benzene ring substituents is 1. The number of ether oxygens (including phenoxy) is 2. The Balaban J connectivity index is 2.13. The van der Waals surface area contributed by atoms with Crippen molar-refractivity contribution in [1.29, 1.82) is 0 Å². The molecule has 186 valence electrons. The minimum atomic E-state index is -0.985. The first-order chi connectivity index (χ1) is 17.1. The van der Waals surface area contributed by atoms with E-state index in [2.05, 4.69) is 6.58 Å². The number of hydrogen-bond donors (Lipinski definition) is 1. The molecule has 1 aliphatic heterocycles. The fraction of sp³-hybridized carbons (Fsp3) is 0.185. The van der Waals surface area contributed by atoms with Crippen LogP contribution < -0.4 is 4.74 Å². The van der Waals surface area contributed by atoms with Gasteiger partial charge < -0.3 is 19.5 Å². The molecule has 1 unspecified atom stereocenters. The lowest BCUT2D eigenvalue weighted by Crippen LogP contribution is -2.34. The zero-order chi connectivity index (χ0) is 26.4. The van der Waals surface area contributed by atoms with Crippen LogP contribution in [-0.2, 0) is 14.3 Å². The van der Waals surface area contributed by atoms with Gasteiger partial charge in [-0.15, -0.1) is 0 Å². The molecule has 36 heavy (non-hydrogen) atoms. The van der Waals surface area contributed by atoms with Crippen LogP contribution in [0.1, 0.15) is 25.3 Å². The number of benzene rings is 2. The van der Waals surface area contributed by atoms with Crippen molar-refractivity contribution in [1.82, 2.24) is 4.90 Å². The minimum Gasteiger partial charge on any atom is -0.508 e. The van der Waals surface area contributed by atoms with Gasteiger partial charge in [0.1, 0.15) is 18.1 Å². The number of phenols is 1. The van der Waals surface area contributed by atoms with Crippen LogP contribution in [0.5, 0.6) is 11.5 Å². The molecule has 0 radical (unpaired) electrons. The van der Waals surface area contributed by atoms with Gasteiger partial charge in [-0.2, -0.15) is 0 Å². The highest BCUT2D eigenvalue weighted by Crippen LogP contribution is 2.43. The van der Waals surface area contributed by atoms with Crippen molar-refractivity contribution in [3.63, 3.8) is 0 Å². The maximum Gasteiger partial charge on any atom is 0.342 e. The summed E-state index contributed by atoms with van der Waals surface area (Å²) in [7, 11) is 1.70. The highest BCUT2D eigenvalue weighted by Gasteiger charge is 2.40. The first-order valence-electron chi connectivity index (χ1n) is 11.0. The second-order valence-corrected chi connectivity index (χ2v) is 7.99. The van der Waals surface area contributed by atoms with E-state index < -0.39 is 22.8 Å². The summed E-state index contributed by atoms with van der Waals surface area (Å²) in [5, 5.41) is 21.0. The van der Waals surface area contributed by atoms with Crippen molar-refractivity contribution in [3.05, 3.63) is 112 Å². The number of nitro groups is 1. The van der Waals surface area contributed by atoms with Crippen molar-refractivity contribution in [2.75, 3.05) is 13.7 Å². The van der Waals surface area contributed by atoms with Crippen molar-refractivity contribution < 1.29 is 29.1 Å². The Bertz CT molecular complexity index is 1290. The lowest BCUT2D eigenvalue weighted by molar-refractivity contribution is -0.384. The van der Waals surface area contributed by atoms with Crippen LogP contribution in [-0.4, -0.2) is 40.5 Å². The fourth-order valence-corrected chi connectivity index (χ4v) is 3.89. The zero-order valence-corrected chi connectivity index (χ0v) is 20.1. The molecular weight excluding hydrogens is 464 g/mol. The van der Waals surface area contributed by atoms with Crippen molar-refractivity contribution in [2.24, 2.45) is 0 Å². The van der Waals surface area contributed by atoms with Gasteiger partial charge in [0.25, 0.3) is 5.69 Å². The third-order valence-electron chi connectivity index (χ3n) is 5.85. The van der Waals surface area contributed by atoms with E-state index in [-0.39, 0.29) is 34.9 Å². The molecule has 0 spiro atoms. The van der Waals surface area contributed by atoms with Gasteiger partial charge in [0.2, 0.25) is 0 Å². The van der Waals surface area contributed by atoms with E-state index >= 15 is 0 Å². The van der Waals surface area contributed by atoms with Crippen molar-refractivity contribution in [3.8, 4) is 11.5 Å². The Morgan fingerprint density at radius 3 is 2.36 bits per heavy atom. The second kappa shape index (κ2) is 11.2. The van der Waals surface area contributed by atoms with Crippen LogP contribution in [0.2, 0.25) is 0 Å². The van der Waals surface area contributed by atoms with Crippen LogP contribution in [0.4, 0.5) is 5.69 Å². The third-order valence-corrected chi connectivity index (χ3v) is 5.85. The van der Waals surface area contributed by atoms with Gasteiger partial charge in [0.05, 0.1) is 22.0 Å². The minimum absolute atomic E-state index is 0.00570. The molecule has 1 N–H and O–H groups in total. The number of hydrogen-bond acceptors (Lipinski definition) is 8. The van der Waals surface area contributed by atoms with E-state index in [0.717, 1.165) is 0 Å². The number of rotatable bonds is 8. The number of nitro benzene ring substituents is 1. The summed E-state index contributed by atoms with van der Waals surface area (Å²) < 4.78 is 11.0. The molecule has 9 heteroatoms. The quantitative estimate of drug-likeness (QED) is 0.185. The average Bonchev–Trinajstić information content (AvgIpc) is 2.86. The molecule has 0 aromatic heterocycles. The Morgan fingerprint density at radius 2 is 1.75 bits per heavy atom. The predicted molar refractivity (Wildman–Crippen MR) is 133 cm³/mol. The van der Waals surface area contributed by atoms with Crippen LogP contribution in [0.3, 0.4) is 0 Å². The van der Waals surface area contributed by atoms with E-state index in [9.17, 15) is 24.8 Å². The SMILES string of the molecule is C=C/C=C/COC(=O)C1=C(C)N(C)C(C)=C(C(=O)Oc2ccc(O)cc2)C1c1cccc([N+](=O)[O-])c1. The number of carbonyl (C=O) groups excluding carboxylic acids is 2. The van der Waals surface area contributed by atoms with E-state index in [4.69, 9.17) is 9.47 Å². The molecule has 0 saturated heterocycles. The van der Waals surface area contributed by atoms with Crippen LogP contribution >= 0.6 is 0 Å². The molecule has 2 aromatic carbocycles. The maximum absolute atomic E-state index is 13.5. The number of nitrogens with zero attached hydrogens (tertiary/aromatic N) is 2. The van der Waals surface area contributed by atoms with Gasteiger partial charge in [0, 0.05) is 30.6 Å². The van der Waals surface area contributed by atoms with E-state index in [1.54, 1.807) is 50.1 Å². The molecule has 1 heterocycles. The van der Waals surface area contributed by atoms with Gasteiger partial charge in [0.15, 0.2) is 0 Å². The topological polar surface area (TPSA) is 119 Å². The molecular formula is C27H26N2O7. The molecule has 1 atom stereocenters. The second-order valence-electron chi connectivity index (χ2n) is 7.99.